The summed E-state index contributed by atoms with van der Waals surface area (Å²) in [5.74, 6) is 3.39. The second kappa shape index (κ2) is 10.6. The Morgan fingerprint density at radius 1 is 1.10 bits per heavy atom. The molecule has 3 aromatic heterocycles. The van der Waals surface area contributed by atoms with Crippen LogP contribution in [0.25, 0.3) is 22.8 Å². The van der Waals surface area contributed by atoms with Crippen LogP contribution in [-0.2, 0) is 11.3 Å². The molecule has 1 saturated heterocycles. The summed E-state index contributed by atoms with van der Waals surface area (Å²) in [4.78, 5) is 31.8. The van der Waals surface area contributed by atoms with Crippen LogP contribution in [0.5, 0.6) is 0 Å². The second-order valence-corrected chi connectivity index (χ2v) is 12.3. The van der Waals surface area contributed by atoms with Crippen LogP contribution in [-0.4, -0.2) is 61.0 Å². The van der Waals surface area contributed by atoms with Crippen LogP contribution in [0.1, 0.15) is 71.1 Å². The maximum Gasteiger partial charge on any atom is 0.439 e. The van der Waals surface area contributed by atoms with Gasteiger partial charge in [0.15, 0.2) is 11.5 Å². The molecule has 214 valence electrons. The standard InChI is InChI=1S/C29H40N8O3/c1-3-18-10-12-19(13-11-18)16-37-23-24(30-17(2)20-6-4-7-20)31-26(27-34-29(38)40-35-27)32-25(23)33-28(37)36-14-15-39-22-9-5-8-21(22)36/h3,17-22H,1,4-16H2,2H3,(H,30,31,32)(H,34,35,38). The van der Waals surface area contributed by atoms with Gasteiger partial charge in [0.05, 0.1) is 18.8 Å². The number of rotatable bonds is 8. The summed E-state index contributed by atoms with van der Waals surface area (Å²) in [6.45, 7) is 8.67. The van der Waals surface area contributed by atoms with Gasteiger partial charge in [-0.25, -0.2) is 14.8 Å². The van der Waals surface area contributed by atoms with E-state index in [1.807, 2.05) is 0 Å². The monoisotopic (exact) mass is 548 g/mol. The molecule has 3 atom stereocenters. The van der Waals surface area contributed by atoms with E-state index < -0.39 is 5.76 Å². The van der Waals surface area contributed by atoms with Gasteiger partial charge in [-0.3, -0.25) is 9.51 Å². The van der Waals surface area contributed by atoms with E-state index in [0.29, 0.717) is 41.9 Å². The molecule has 0 aromatic carbocycles. The minimum atomic E-state index is -0.627. The van der Waals surface area contributed by atoms with Gasteiger partial charge in [0.25, 0.3) is 0 Å². The molecule has 3 aliphatic carbocycles. The van der Waals surface area contributed by atoms with Crippen LogP contribution in [0.15, 0.2) is 22.0 Å². The minimum Gasteiger partial charge on any atom is -0.374 e. The van der Waals surface area contributed by atoms with E-state index in [1.165, 1.54) is 51.4 Å². The molecular weight excluding hydrogens is 508 g/mol. The quantitative estimate of drug-likeness (QED) is 0.391. The average molecular weight is 549 g/mol. The molecule has 2 N–H and O–H groups in total. The minimum absolute atomic E-state index is 0.215. The predicted octanol–water partition coefficient (Wildman–Crippen LogP) is 4.52. The fourth-order valence-electron chi connectivity index (χ4n) is 7.26. The molecule has 4 fully saturated rings. The normalized spacial score (nSPS) is 27.9. The molecule has 40 heavy (non-hydrogen) atoms. The van der Waals surface area contributed by atoms with Crippen molar-refractivity contribution in [3.8, 4) is 11.6 Å². The first-order valence-corrected chi connectivity index (χ1v) is 15.2. The predicted molar refractivity (Wildman–Crippen MR) is 152 cm³/mol. The summed E-state index contributed by atoms with van der Waals surface area (Å²) in [7, 11) is 0. The Bertz CT molecular complexity index is 1420. The number of nitrogens with zero attached hydrogens (tertiary/aromatic N) is 6. The summed E-state index contributed by atoms with van der Waals surface area (Å²) >= 11 is 0. The number of H-pyrrole nitrogens is 1. The van der Waals surface area contributed by atoms with Gasteiger partial charge in [-0.2, -0.15) is 4.98 Å². The van der Waals surface area contributed by atoms with E-state index in [1.54, 1.807) is 0 Å². The number of aromatic nitrogens is 6. The Balaban J connectivity index is 1.35. The highest BCUT2D eigenvalue weighted by molar-refractivity contribution is 5.87. The van der Waals surface area contributed by atoms with Gasteiger partial charge < -0.3 is 19.5 Å². The summed E-state index contributed by atoms with van der Waals surface area (Å²) in [6.07, 6.45) is 14.2. The molecule has 0 amide bonds. The van der Waals surface area contributed by atoms with Crippen molar-refractivity contribution in [1.29, 1.82) is 0 Å². The number of morpholine rings is 1. The number of nitrogens with one attached hydrogen (secondary N) is 2. The molecule has 3 aromatic rings. The molecule has 11 heteroatoms. The van der Waals surface area contributed by atoms with Gasteiger partial charge in [0, 0.05) is 19.1 Å². The van der Waals surface area contributed by atoms with E-state index in [2.05, 4.69) is 44.5 Å². The van der Waals surface area contributed by atoms with Crippen molar-refractivity contribution in [2.75, 3.05) is 23.4 Å². The first-order chi connectivity index (χ1) is 19.6. The summed E-state index contributed by atoms with van der Waals surface area (Å²) in [5, 5.41) is 7.62. The van der Waals surface area contributed by atoms with E-state index >= 15 is 0 Å². The van der Waals surface area contributed by atoms with Crippen LogP contribution in [0, 0.1) is 17.8 Å². The van der Waals surface area contributed by atoms with E-state index in [0.717, 1.165) is 43.2 Å². The van der Waals surface area contributed by atoms with Crippen molar-refractivity contribution in [3.05, 3.63) is 23.2 Å². The lowest BCUT2D eigenvalue weighted by atomic mass is 9.80. The maximum absolute atomic E-state index is 11.8. The van der Waals surface area contributed by atoms with Crippen molar-refractivity contribution < 1.29 is 9.26 Å². The van der Waals surface area contributed by atoms with Gasteiger partial charge in [0.2, 0.25) is 17.6 Å². The average Bonchev–Trinajstić information content (AvgIpc) is 3.66. The van der Waals surface area contributed by atoms with E-state index in [9.17, 15) is 4.79 Å². The number of aromatic amines is 1. The fourth-order valence-corrected chi connectivity index (χ4v) is 7.26. The molecule has 0 bridgehead atoms. The van der Waals surface area contributed by atoms with Crippen LogP contribution >= 0.6 is 0 Å². The van der Waals surface area contributed by atoms with Gasteiger partial charge >= 0.3 is 5.76 Å². The van der Waals surface area contributed by atoms with Crippen molar-refractivity contribution in [2.45, 2.75) is 95.9 Å². The maximum atomic E-state index is 11.8. The molecule has 0 radical (unpaired) electrons. The number of anilines is 2. The number of imidazole rings is 1. The van der Waals surface area contributed by atoms with Gasteiger partial charge in [-0.05, 0) is 82.5 Å². The summed E-state index contributed by atoms with van der Waals surface area (Å²) in [6, 6.07) is 0.582. The Kier molecular flexibility index (Phi) is 6.85. The molecule has 4 aliphatic rings. The molecule has 0 spiro atoms. The third-order valence-corrected chi connectivity index (χ3v) is 9.86. The summed E-state index contributed by atoms with van der Waals surface area (Å²) in [5.41, 5.74) is 1.55. The zero-order valence-corrected chi connectivity index (χ0v) is 23.3. The topological polar surface area (TPSA) is 127 Å². The molecule has 3 unspecified atom stereocenters. The first-order valence-electron chi connectivity index (χ1n) is 15.2. The van der Waals surface area contributed by atoms with Crippen molar-refractivity contribution in [2.24, 2.45) is 17.8 Å². The van der Waals surface area contributed by atoms with Crippen LogP contribution in [0.3, 0.4) is 0 Å². The van der Waals surface area contributed by atoms with Gasteiger partial charge in [-0.15, -0.1) is 6.58 Å². The zero-order chi connectivity index (χ0) is 27.2. The molecule has 1 aliphatic heterocycles. The second-order valence-electron chi connectivity index (χ2n) is 12.3. The Morgan fingerprint density at radius 2 is 1.93 bits per heavy atom. The highest BCUT2D eigenvalue weighted by atomic mass is 16.5. The largest absolute Gasteiger partial charge is 0.439 e. The van der Waals surface area contributed by atoms with Crippen LogP contribution in [0.2, 0.25) is 0 Å². The smallest absolute Gasteiger partial charge is 0.374 e. The Morgan fingerprint density at radius 3 is 2.65 bits per heavy atom. The lowest BCUT2D eigenvalue weighted by Gasteiger charge is -2.39. The van der Waals surface area contributed by atoms with Crippen molar-refractivity contribution >= 4 is 22.9 Å². The number of ether oxygens (including phenoxy) is 1. The Labute approximate surface area is 233 Å². The zero-order valence-electron chi connectivity index (χ0n) is 23.3. The highest BCUT2D eigenvalue weighted by Crippen LogP contribution is 2.39. The SMILES string of the molecule is C=CC1CCC(Cn2c(N3CCOC4CCCC43)nc3nc(-c4noc(=O)[nH]4)nc(NC(C)C4CCC4)c32)CC1. The van der Waals surface area contributed by atoms with E-state index in [4.69, 9.17) is 24.2 Å². The number of hydrogen-bond donors (Lipinski definition) is 2. The Hall–Kier alpha value is -3.21. The summed E-state index contributed by atoms with van der Waals surface area (Å²) < 4.78 is 13.3. The van der Waals surface area contributed by atoms with Crippen LogP contribution < -0.4 is 16.0 Å². The van der Waals surface area contributed by atoms with E-state index in [-0.39, 0.29) is 18.0 Å². The van der Waals surface area contributed by atoms with Gasteiger partial charge in [0.1, 0.15) is 5.52 Å². The van der Waals surface area contributed by atoms with Gasteiger partial charge in [-0.1, -0.05) is 17.7 Å². The molecule has 4 heterocycles. The van der Waals surface area contributed by atoms with Crippen molar-refractivity contribution in [3.63, 3.8) is 0 Å². The molecule has 11 nitrogen and oxygen atoms in total. The molecular formula is C29H40N8O3. The van der Waals surface area contributed by atoms with Crippen molar-refractivity contribution in [1.82, 2.24) is 29.7 Å². The lowest BCUT2D eigenvalue weighted by Crippen LogP contribution is -2.49. The molecule has 7 rings (SSSR count). The fraction of sp³-hybridized carbons (Fsp3) is 0.690. The number of fused-ring (bicyclic) bond motifs is 2. The number of allylic oxidation sites excluding steroid dienone is 1. The first kappa shape index (κ1) is 25.7. The third kappa shape index (κ3) is 4.71. The highest BCUT2D eigenvalue weighted by Gasteiger charge is 2.39. The number of hydrogen-bond acceptors (Lipinski definition) is 9. The lowest BCUT2D eigenvalue weighted by molar-refractivity contribution is 0.0247. The molecule has 3 saturated carbocycles. The third-order valence-electron chi connectivity index (χ3n) is 9.86. The van der Waals surface area contributed by atoms with Crippen LogP contribution in [0.4, 0.5) is 11.8 Å².